The summed E-state index contributed by atoms with van der Waals surface area (Å²) in [6.07, 6.45) is 5.30. The molecule has 2 aliphatic heterocycles. The molecule has 2 aromatic rings. The number of rotatable bonds is 2. The normalized spacial score (nSPS) is 28.1. The van der Waals surface area contributed by atoms with Crippen molar-refractivity contribution < 1.29 is 4.79 Å². The van der Waals surface area contributed by atoms with Crippen LogP contribution in [0.1, 0.15) is 29.6 Å². The number of pyridine rings is 1. The summed E-state index contributed by atoms with van der Waals surface area (Å²) in [5, 5.41) is 7.34. The molecule has 4 nitrogen and oxygen atoms in total. The zero-order chi connectivity index (χ0) is 13.7. The summed E-state index contributed by atoms with van der Waals surface area (Å²) in [5.41, 5.74) is 1.63. The lowest BCUT2D eigenvalue weighted by atomic mass is 9.95. The lowest BCUT2D eigenvalue weighted by Gasteiger charge is -2.21. The lowest BCUT2D eigenvalue weighted by molar-refractivity contribution is 0.0931. The highest BCUT2D eigenvalue weighted by Crippen LogP contribution is 2.28. The van der Waals surface area contributed by atoms with Crippen LogP contribution in [0.5, 0.6) is 0 Å². The van der Waals surface area contributed by atoms with E-state index in [0.717, 1.165) is 11.9 Å². The Labute approximate surface area is 122 Å². The van der Waals surface area contributed by atoms with Gasteiger partial charge in [-0.3, -0.25) is 4.79 Å². The molecule has 1 amide bonds. The minimum atomic E-state index is 0.00386. The van der Waals surface area contributed by atoms with Crippen LogP contribution in [-0.4, -0.2) is 28.4 Å². The number of amides is 1. The van der Waals surface area contributed by atoms with E-state index in [1.165, 1.54) is 12.8 Å². The molecule has 0 aromatic carbocycles. The number of fused-ring (bicyclic) bond motifs is 3. The van der Waals surface area contributed by atoms with E-state index in [-0.39, 0.29) is 11.9 Å². The third-order valence-corrected chi connectivity index (χ3v) is 4.79. The molecule has 2 aromatic heterocycles. The molecule has 104 valence electrons. The molecule has 20 heavy (non-hydrogen) atoms. The predicted octanol–water partition coefficient (Wildman–Crippen LogP) is 2.22. The quantitative estimate of drug-likeness (QED) is 0.890. The van der Waals surface area contributed by atoms with Crippen molar-refractivity contribution in [3.05, 3.63) is 41.2 Å². The minimum absolute atomic E-state index is 0.00386. The number of carbonyl (C=O) groups is 1. The Hall–Kier alpha value is -1.52. The van der Waals surface area contributed by atoms with Gasteiger partial charge in [-0.25, -0.2) is 0 Å². The van der Waals surface area contributed by atoms with Crippen molar-refractivity contribution in [2.75, 3.05) is 0 Å². The van der Waals surface area contributed by atoms with Crippen LogP contribution in [0, 0.1) is 0 Å². The van der Waals surface area contributed by atoms with Gasteiger partial charge >= 0.3 is 0 Å². The van der Waals surface area contributed by atoms with Crippen LogP contribution < -0.4 is 10.6 Å². The van der Waals surface area contributed by atoms with Crippen molar-refractivity contribution in [1.29, 1.82) is 0 Å². The van der Waals surface area contributed by atoms with Gasteiger partial charge in [-0.1, -0.05) is 11.6 Å². The number of hydrogen-bond acceptors (Lipinski definition) is 2. The number of nitrogens with one attached hydrogen (secondary N) is 2. The number of halogens is 1. The molecule has 0 spiro atoms. The van der Waals surface area contributed by atoms with E-state index in [9.17, 15) is 4.79 Å². The summed E-state index contributed by atoms with van der Waals surface area (Å²) in [4.78, 5) is 12.3. The summed E-state index contributed by atoms with van der Waals surface area (Å²) in [5.74, 6) is 0.00386. The van der Waals surface area contributed by atoms with E-state index in [1.807, 2.05) is 34.9 Å². The summed E-state index contributed by atoms with van der Waals surface area (Å²) in [6, 6.07) is 8.76. The van der Waals surface area contributed by atoms with Crippen LogP contribution in [0.2, 0.25) is 5.15 Å². The second-order valence-corrected chi connectivity index (χ2v) is 6.12. The van der Waals surface area contributed by atoms with Crippen LogP contribution >= 0.6 is 11.6 Å². The molecular formula is C15H16ClN3O. The Morgan fingerprint density at radius 2 is 2.25 bits per heavy atom. The zero-order valence-electron chi connectivity index (χ0n) is 11.0. The first kappa shape index (κ1) is 12.2. The molecule has 0 aliphatic carbocycles. The molecule has 2 aliphatic rings. The fourth-order valence-corrected chi connectivity index (χ4v) is 3.67. The van der Waals surface area contributed by atoms with Gasteiger partial charge in [-0.15, -0.1) is 0 Å². The number of aromatic nitrogens is 1. The SMILES string of the molecule is O=C(NC1CC2CCC1N2)c1ccn2c(Cl)ccc2c1. The standard InChI is InChI=1S/C15H16ClN3O/c16-14-4-2-11-7-9(5-6-19(11)14)15(20)18-13-8-10-1-3-12(13)17-10/h2,4-7,10,12-13,17H,1,3,8H2,(H,18,20). The Balaban J connectivity index is 1.54. The molecular weight excluding hydrogens is 274 g/mol. The first-order valence-electron chi connectivity index (χ1n) is 7.04. The minimum Gasteiger partial charge on any atom is -0.348 e. The van der Waals surface area contributed by atoms with Crippen LogP contribution in [0.3, 0.4) is 0 Å². The van der Waals surface area contributed by atoms with E-state index < -0.39 is 0 Å². The number of hydrogen-bond donors (Lipinski definition) is 2. The molecule has 2 N–H and O–H groups in total. The second-order valence-electron chi connectivity index (χ2n) is 5.73. The average molecular weight is 290 g/mol. The van der Waals surface area contributed by atoms with Crippen LogP contribution in [-0.2, 0) is 0 Å². The van der Waals surface area contributed by atoms with Crippen LogP contribution in [0.4, 0.5) is 0 Å². The summed E-state index contributed by atoms with van der Waals surface area (Å²) in [7, 11) is 0. The van der Waals surface area contributed by atoms with Crippen molar-refractivity contribution in [3.63, 3.8) is 0 Å². The zero-order valence-corrected chi connectivity index (χ0v) is 11.7. The number of carbonyl (C=O) groups excluding carboxylic acids is 1. The largest absolute Gasteiger partial charge is 0.348 e. The van der Waals surface area contributed by atoms with Gasteiger partial charge in [0.1, 0.15) is 5.15 Å². The fourth-order valence-electron chi connectivity index (χ4n) is 3.45. The van der Waals surface area contributed by atoms with Crippen LogP contribution in [0.25, 0.3) is 5.52 Å². The Bertz CT molecular complexity index is 681. The topological polar surface area (TPSA) is 45.5 Å². The highest BCUT2D eigenvalue weighted by atomic mass is 35.5. The average Bonchev–Trinajstić information content (AvgIpc) is 3.14. The Kier molecular flexibility index (Phi) is 2.75. The van der Waals surface area contributed by atoms with Crippen molar-refractivity contribution in [1.82, 2.24) is 15.0 Å². The summed E-state index contributed by atoms with van der Waals surface area (Å²) in [6.45, 7) is 0. The van der Waals surface area contributed by atoms with Crippen molar-refractivity contribution in [2.24, 2.45) is 0 Å². The van der Waals surface area contributed by atoms with Crippen molar-refractivity contribution in [2.45, 2.75) is 37.4 Å². The van der Waals surface area contributed by atoms with Gasteiger partial charge in [-0.05, 0) is 43.5 Å². The second kappa shape index (κ2) is 4.50. The van der Waals surface area contributed by atoms with E-state index in [4.69, 9.17) is 11.6 Å². The van der Waals surface area contributed by atoms with Gasteiger partial charge in [0.15, 0.2) is 0 Å². The van der Waals surface area contributed by atoms with Crippen molar-refractivity contribution in [3.8, 4) is 0 Å². The molecule has 0 radical (unpaired) electrons. The maximum atomic E-state index is 12.3. The molecule has 2 fully saturated rings. The van der Waals surface area contributed by atoms with Gasteiger partial charge in [0.05, 0.1) is 0 Å². The first-order valence-corrected chi connectivity index (χ1v) is 7.42. The van der Waals surface area contributed by atoms with E-state index in [2.05, 4.69) is 10.6 Å². The van der Waals surface area contributed by atoms with E-state index >= 15 is 0 Å². The van der Waals surface area contributed by atoms with Gasteiger partial charge in [0.2, 0.25) is 0 Å². The molecule has 2 bridgehead atoms. The van der Waals surface area contributed by atoms with Crippen LogP contribution in [0.15, 0.2) is 30.5 Å². The first-order chi connectivity index (χ1) is 9.70. The maximum absolute atomic E-state index is 12.3. The molecule has 2 saturated heterocycles. The van der Waals surface area contributed by atoms with Gasteiger partial charge in [0, 0.05) is 35.4 Å². The monoisotopic (exact) mass is 289 g/mol. The molecule has 4 rings (SSSR count). The molecule has 0 saturated carbocycles. The third-order valence-electron chi connectivity index (χ3n) is 4.49. The fraction of sp³-hybridized carbons (Fsp3) is 0.400. The smallest absolute Gasteiger partial charge is 0.251 e. The summed E-state index contributed by atoms with van der Waals surface area (Å²) >= 11 is 6.04. The molecule has 5 heteroatoms. The van der Waals surface area contributed by atoms with E-state index in [0.29, 0.717) is 22.8 Å². The lowest BCUT2D eigenvalue weighted by Crippen LogP contribution is -2.42. The molecule has 3 atom stereocenters. The predicted molar refractivity (Wildman–Crippen MR) is 78.2 cm³/mol. The highest BCUT2D eigenvalue weighted by Gasteiger charge is 2.39. The number of nitrogens with zero attached hydrogens (tertiary/aromatic N) is 1. The maximum Gasteiger partial charge on any atom is 0.251 e. The molecule has 4 heterocycles. The Morgan fingerprint density at radius 1 is 1.35 bits per heavy atom. The highest BCUT2D eigenvalue weighted by molar-refractivity contribution is 6.30. The summed E-state index contributed by atoms with van der Waals surface area (Å²) < 4.78 is 1.86. The van der Waals surface area contributed by atoms with Crippen molar-refractivity contribution >= 4 is 23.0 Å². The molecule has 3 unspecified atom stereocenters. The van der Waals surface area contributed by atoms with E-state index in [1.54, 1.807) is 0 Å². The van der Waals surface area contributed by atoms with Gasteiger partial charge in [-0.2, -0.15) is 0 Å². The third kappa shape index (κ3) is 1.91. The van der Waals surface area contributed by atoms with Gasteiger partial charge in [0.25, 0.3) is 5.91 Å². The Morgan fingerprint density at radius 3 is 3.00 bits per heavy atom. The van der Waals surface area contributed by atoms with Gasteiger partial charge < -0.3 is 15.0 Å².